The van der Waals surface area contributed by atoms with Gasteiger partial charge in [-0.15, -0.1) is 0 Å². The van der Waals surface area contributed by atoms with Crippen molar-refractivity contribution in [1.82, 2.24) is 4.90 Å². The minimum absolute atomic E-state index is 0.0613. The molecule has 1 aromatic carbocycles. The number of carboxylic acids is 1. The molecule has 0 radical (unpaired) electrons. The van der Waals surface area contributed by atoms with Crippen molar-refractivity contribution in [2.45, 2.75) is 46.1 Å². The van der Waals surface area contributed by atoms with Gasteiger partial charge in [-0.1, -0.05) is 23.8 Å². The van der Waals surface area contributed by atoms with Gasteiger partial charge < -0.3 is 10.0 Å². The highest BCUT2D eigenvalue weighted by Gasteiger charge is 2.38. The highest BCUT2D eigenvalue weighted by Crippen LogP contribution is 2.37. The van der Waals surface area contributed by atoms with Crippen molar-refractivity contribution in [1.29, 1.82) is 0 Å². The van der Waals surface area contributed by atoms with Crippen LogP contribution in [0.4, 0.5) is 0 Å². The van der Waals surface area contributed by atoms with Crippen molar-refractivity contribution in [3.05, 3.63) is 34.9 Å². The van der Waals surface area contributed by atoms with Gasteiger partial charge in [0.2, 0.25) is 5.91 Å². The average Bonchev–Trinajstić information content (AvgIpc) is 2.57. The maximum atomic E-state index is 12.3. The molecule has 1 fully saturated rings. The Morgan fingerprint density at radius 1 is 1.38 bits per heavy atom. The first-order chi connectivity index (χ1) is 9.95. The predicted octanol–water partition coefficient (Wildman–Crippen LogP) is 3.08. The van der Waals surface area contributed by atoms with E-state index in [0.717, 1.165) is 16.7 Å². The van der Waals surface area contributed by atoms with Crippen LogP contribution in [0.15, 0.2) is 18.2 Å². The molecule has 21 heavy (non-hydrogen) atoms. The highest BCUT2D eigenvalue weighted by atomic mass is 16.4. The molecule has 0 aliphatic carbocycles. The van der Waals surface area contributed by atoms with E-state index >= 15 is 0 Å². The number of hydrogen-bond donors (Lipinski definition) is 1. The van der Waals surface area contributed by atoms with Crippen molar-refractivity contribution in [2.24, 2.45) is 5.92 Å². The van der Waals surface area contributed by atoms with Crippen LogP contribution in [0.1, 0.15) is 48.9 Å². The summed E-state index contributed by atoms with van der Waals surface area (Å²) < 4.78 is 0. The number of amides is 1. The molecule has 1 heterocycles. The lowest BCUT2D eigenvalue weighted by atomic mass is 9.86. The van der Waals surface area contributed by atoms with Gasteiger partial charge in [0.05, 0.1) is 12.0 Å². The van der Waals surface area contributed by atoms with Gasteiger partial charge >= 0.3 is 5.97 Å². The summed E-state index contributed by atoms with van der Waals surface area (Å²) in [5, 5.41) is 9.60. The van der Waals surface area contributed by atoms with Crippen molar-refractivity contribution in [3.63, 3.8) is 0 Å². The van der Waals surface area contributed by atoms with E-state index < -0.39 is 11.9 Å². The Kier molecular flexibility index (Phi) is 4.66. The van der Waals surface area contributed by atoms with Gasteiger partial charge in [0.25, 0.3) is 0 Å². The summed E-state index contributed by atoms with van der Waals surface area (Å²) >= 11 is 0. The Morgan fingerprint density at radius 3 is 2.67 bits per heavy atom. The van der Waals surface area contributed by atoms with E-state index in [1.807, 2.05) is 32.9 Å². The Labute approximate surface area is 125 Å². The first-order valence-electron chi connectivity index (χ1n) is 7.55. The molecule has 1 aliphatic heterocycles. The lowest BCUT2D eigenvalue weighted by Crippen LogP contribution is -2.39. The van der Waals surface area contributed by atoms with E-state index in [1.54, 1.807) is 4.90 Å². The minimum Gasteiger partial charge on any atom is -0.481 e. The molecule has 1 aliphatic rings. The van der Waals surface area contributed by atoms with E-state index in [4.69, 9.17) is 0 Å². The van der Waals surface area contributed by atoms with Gasteiger partial charge in [0.15, 0.2) is 0 Å². The molecule has 1 N–H and O–H groups in total. The molecule has 0 bridgehead atoms. The Balaban J connectivity index is 2.53. The van der Waals surface area contributed by atoms with Crippen molar-refractivity contribution < 1.29 is 14.7 Å². The fourth-order valence-corrected chi connectivity index (χ4v) is 3.32. The van der Waals surface area contributed by atoms with Crippen molar-refractivity contribution >= 4 is 11.9 Å². The fourth-order valence-electron chi connectivity index (χ4n) is 3.32. The van der Waals surface area contributed by atoms with Crippen LogP contribution >= 0.6 is 0 Å². The average molecular weight is 289 g/mol. The first-order valence-corrected chi connectivity index (χ1v) is 7.55. The SMILES string of the molecule is CCN1C(=O)CCCC(C(=O)O)C1c1ccc(C)cc1C. The smallest absolute Gasteiger partial charge is 0.308 e. The number of carboxylic acid groups (broad SMARTS) is 1. The third kappa shape index (κ3) is 3.09. The molecule has 0 saturated carbocycles. The number of carbonyl (C=O) groups excluding carboxylic acids is 1. The molecule has 4 heteroatoms. The van der Waals surface area contributed by atoms with E-state index in [0.29, 0.717) is 25.8 Å². The molecule has 0 spiro atoms. The van der Waals surface area contributed by atoms with Gasteiger partial charge in [0.1, 0.15) is 0 Å². The second-order valence-corrected chi connectivity index (χ2v) is 5.82. The summed E-state index contributed by atoms with van der Waals surface area (Å²) in [7, 11) is 0. The van der Waals surface area contributed by atoms with Gasteiger partial charge in [-0.2, -0.15) is 0 Å². The molecular formula is C17H23NO3. The van der Waals surface area contributed by atoms with Crippen LogP contribution in [0.5, 0.6) is 0 Å². The molecule has 2 rings (SSSR count). The number of likely N-dealkylation sites (tertiary alicyclic amines) is 1. The Morgan fingerprint density at radius 2 is 2.10 bits per heavy atom. The molecule has 1 amide bonds. The quantitative estimate of drug-likeness (QED) is 0.930. The zero-order valence-electron chi connectivity index (χ0n) is 12.9. The number of aliphatic carboxylic acids is 1. The summed E-state index contributed by atoms with van der Waals surface area (Å²) in [5.41, 5.74) is 3.16. The zero-order valence-corrected chi connectivity index (χ0v) is 12.9. The highest BCUT2D eigenvalue weighted by molar-refractivity contribution is 5.80. The lowest BCUT2D eigenvalue weighted by Gasteiger charge is -2.34. The summed E-state index contributed by atoms with van der Waals surface area (Å²) in [6, 6.07) is 5.66. The van der Waals surface area contributed by atoms with Crippen molar-refractivity contribution in [2.75, 3.05) is 6.54 Å². The van der Waals surface area contributed by atoms with E-state index in [1.165, 1.54) is 0 Å². The maximum Gasteiger partial charge on any atom is 0.308 e. The summed E-state index contributed by atoms with van der Waals surface area (Å²) in [6.07, 6.45) is 1.64. The standard InChI is InChI=1S/C17H23NO3/c1-4-18-15(19)7-5-6-14(17(20)21)16(18)13-9-8-11(2)10-12(13)3/h8-10,14,16H,4-7H2,1-3H3,(H,20,21). The Bertz CT molecular complexity index is 551. The number of rotatable bonds is 3. The molecule has 1 aromatic rings. The molecular weight excluding hydrogens is 266 g/mol. The van der Waals surface area contributed by atoms with Crippen LogP contribution in [0.25, 0.3) is 0 Å². The van der Waals surface area contributed by atoms with Gasteiger partial charge in [-0.25, -0.2) is 0 Å². The fraction of sp³-hybridized carbons (Fsp3) is 0.529. The van der Waals surface area contributed by atoms with Crippen LogP contribution in [0, 0.1) is 19.8 Å². The van der Waals surface area contributed by atoms with Gasteiger partial charge in [0, 0.05) is 13.0 Å². The predicted molar refractivity (Wildman–Crippen MR) is 81.0 cm³/mol. The number of aryl methyl sites for hydroxylation is 2. The molecule has 1 saturated heterocycles. The zero-order chi connectivity index (χ0) is 15.6. The molecule has 4 nitrogen and oxygen atoms in total. The number of hydrogen-bond acceptors (Lipinski definition) is 2. The van der Waals surface area contributed by atoms with Crippen LogP contribution in [0.2, 0.25) is 0 Å². The van der Waals surface area contributed by atoms with Crippen molar-refractivity contribution in [3.8, 4) is 0 Å². The second-order valence-electron chi connectivity index (χ2n) is 5.82. The molecule has 2 atom stereocenters. The number of nitrogens with zero attached hydrogens (tertiary/aromatic N) is 1. The molecule has 2 unspecified atom stereocenters. The maximum absolute atomic E-state index is 12.3. The first kappa shape index (κ1) is 15.5. The Hall–Kier alpha value is -1.84. The van der Waals surface area contributed by atoms with E-state index in [-0.39, 0.29) is 11.9 Å². The third-order valence-corrected chi connectivity index (χ3v) is 4.34. The van der Waals surface area contributed by atoms with E-state index in [2.05, 4.69) is 6.07 Å². The van der Waals surface area contributed by atoms with E-state index in [9.17, 15) is 14.7 Å². The molecule has 114 valence electrons. The summed E-state index contributed by atoms with van der Waals surface area (Å²) in [6.45, 7) is 6.46. The lowest BCUT2D eigenvalue weighted by molar-refractivity contribution is -0.146. The third-order valence-electron chi connectivity index (χ3n) is 4.34. The van der Waals surface area contributed by atoms with Gasteiger partial charge in [-0.3, -0.25) is 9.59 Å². The minimum atomic E-state index is -0.812. The monoisotopic (exact) mass is 289 g/mol. The number of carbonyl (C=O) groups is 2. The topological polar surface area (TPSA) is 57.6 Å². The van der Waals surface area contributed by atoms with Crippen LogP contribution in [0.3, 0.4) is 0 Å². The second kappa shape index (κ2) is 6.29. The summed E-state index contributed by atoms with van der Waals surface area (Å²) in [5.74, 6) is -1.28. The van der Waals surface area contributed by atoms with Crippen LogP contribution in [-0.2, 0) is 9.59 Å². The summed E-state index contributed by atoms with van der Waals surface area (Å²) in [4.78, 5) is 25.7. The van der Waals surface area contributed by atoms with Crippen LogP contribution in [-0.4, -0.2) is 28.4 Å². The van der Waals surface area contributed by atoms with Gasteiger partial charge in [-0.05, 0) is 44.7 Å². The normalized spacial score (nSPS) is 23.0. The molecule has 0 aromatic heterocycles. The largest absolute Gasteiger partial charge is 0.481 e. The number of benzene rings is 1. The van der Waals surface area contributed by atoms with Crippen LogP contribution < -0.4 is 0 Å².